The van der Waals surface area contributed by atoms with Gasteiger partial charge in [-0.15, -0.1) is 0 Å². The number of rotatable bonds is 7. The van der Waals surface area contributed by atoms with E-state index in [2.05, 4.69) is 5.32 Å². The molecule has 0 radical (unpaired) electrons. The average Bonchev–Trinajstić information content (AvgIpc) is 2.40. The first-order chi connectivity index (χ1) is 9.51. The molecule has 1 unspecified atom stereocenters. The maximum atomic E-state index is 11.9. The van der Waals surface area contributed by atoms with E-state index in [1.165, 1.54) is 14.2 Å². The molecule has 0 aliphatic carbocycles. The molecule has 0 saturated carbocycles. The summed E-state index contributed by atoms with van der Waals surface area (Å²) in [5, 5.41) is 2.77. The van der Waals surface area contributed by atoms with Crippen molar-refractivity contribution >= 4 is 17.3 Å². The van der Waals surface area contributed by atoms with Gasteiger partial charge < -0.3 is 25.3 Å². The van der Waals surface area contributed by atoms with Gasteiger partial charge in [0.25, 0.3) is 0 Å². The largest absolute Gasteiger partial charge is 0.493 e. The molecule has 6 nitrogen and oxygen atoms in total. The number of carbonyl (C=O) groups excluding carboxylic acids is 1. The molecule has 1 rings (SSSR count). The van der Waals surface area contributed by atoms with E-state index >= 15 is 0 Å². The third kappa shape index (κ3) is 4.31. The molecule has 0 spiro atoms. The molecule has 0 bridgehead atoms. The van der Waals surface area contributed by atoms with Crippen LogP contribution >= 0.6 is 0 Å². The zero-order valence-corrected chi connectivity index (χ0v) is 12.4. The van der Waals surface area contributed by atoms with E-state index in [0.29, 0.717) is 35.9 Å². The van der Waals surface area contributed by atoms with Crippen molar-refractivity contribution in [2.45, 2.75) is 13.3 Å². The van der Waals surface area contributed by atoms with Crippen LogP contribution in [0.1, 0.15) is 13.3 Å². The molecule has 0 aliphatic rings. The Labute approximate surface area is 119 Å². The van der Waals surface area contributed by atoms with Crippen LogP contribution in [0.15, 0.2) is 12.1 Å². The van der Waals surface area contributed by atoms with E-state index in [1.807, 2.05) is 6.92 Å². The van der Waals surface area contributed by atoms with Crippen molar-refractivity contribution in [3.05, 3.63) is 12.1 Å². The first-order valence-electron chi connectivity index (χ1n) is 6.32. The van der Waals surface area contributed by atoms with E-state index in [1.54, 1.807) is 19.2 Å². The summed E-state index contributed by atoms with van der Waals surface area (Å²) < 4.78 is 15.3. The fourth-order valence-electron chi connectivity index (χ4n) is 1.86. The summed E-state index contributed by atoms with van der Waals surface area (Å²) in [6.07, 6.45) is 0.363. The molecule has 6 heteroatoms. The van der Waals surface area contributed by atoms with Crippen LogP contribution in [0.5, 0.6) is 11.5 Å². The van der Waals surface area contributed by atoms with Gasteiger partial charge in [0.2, 0.25) is 5.91 Å². The number of nitrogen functional groups attached to an aromatic ring is 1. The monoisotopic (exact) mass is 282 g/mol. The zero-order chi connectivity index (χ0) is 15.1. The Morgan fingerprint density at radius 2 is 1.85 bits per heavy atom. The predicted molar refractivity (Wildman–Crippen MR) is 78.2 cm³/mol. The summed E-state index contributed by atoms with van der Waals surface area (Å²) in [4.78, 5) is 11.9. The number of nitrogens with two attached hydrogens (primary N) is 1. The second kappa shape index (κ2) is 7.59. The third-order valence-electron chi connectivity index (χ3n) is 2.81. The topological polar surface area (TPSA) is 82.8 Å². The van der Waals surface area contributed by atoms with Crippen LogP contribution < -0.4 is 20.5 Å². The molecule has 1 aromatic carbocycles. The van der Waals surface area contributed by atoms with Crippen LogP contribution in [0.2, 0.25) is 0 Å². The quantitative estimate of drug-likeness (QED) is 0.746. The number of hydrogen-bond acceptors (Lipinski definition) is 5. The van der Waals surface area contributed by atoms with Gasteiger partial charge in [0.05, 0.1) is 25.6 Å². The Kier molecular flexibility index (Phi) is 6.11. The predicted octanol–water partition coefficient (Wildman–Crippen LogP) is 1.90. The van der Waals surface area contributed by atoms with Gasteiger partial charge in [-0.05, 0) is 5.92 Å². The minimum absolute atomic E-state index is 0.117. The van der Waals surface area contributed by atoms with Gasteiger partial charge in [-0.2, -0.15) is 0 Å². The Balaban J connectivity index is 2.79. The number of ether oxygens (including phenoxy) is 3. The molecule has 0 aliphatic heterocycles. The van der Waals surface area contributed by atoms with Gasteiger partial charge in [0.1, 0.15) is 0 Å². The van der Waals surface area contributed by atoms with Crippen molar-refractivity contribution in [1.29, 1.82) is 0 Å². The van der Waals surface area contributed by atoms with Crippen molar-refractivity contribution in [3.63, 3.8) is 0 Å². The highest BCUT2D eigenvalue weighted by atomic mass is 16.5. The lowest BCUT2D eigenvalue weighted by Gasteiger charge is -2.14. The lowest BCUT2D eigenvalue weighted by molar-refractivity contribution is -0.117. The second-order valence-corrected chi connectivity index (χ2v) is 4.61. The number of benzene rings is 1. The van der Waals surface area contributed by atoms with E-state index in [9.17, 15) is 4.79 Å². The van der Waals surface area contributed by atoms with Gasteiger partial charge in [0.15, 0.2) is 11.5 Å². The summed E-state index contributed by atoms with van der Waals surface area (Å²) in [6.45, 7) is 2.48. The van der Waals surface area contributed by atoms with E-state index < -0.39 is 0 Å². The molecular weight excluding hydrogens is 260 g/mol. The molecule has 1 aromatic rings. The third-order valence-corrected chi connectivity index (χ3v) is 2.81. The zero-order valence-electron chi connectivity index (χ0n) is 12.4. The van der Waals surface area contributed by atoms with Gasteiger partial charge in [0, 0.05) is 32.3 Å². The van der Waals surface area contributed by atoms with Crippen LogP contribution in [0.3, 0.4) is 0 Å². The molecule has 20 heavy (non-hydrogen) atoms. The Bertz CT molecular complexity index is 463. The summed E-state index contributed by atoms with van der Waals surface area (Å²) >= 11 is 0. The summed E-state index contributed by atoms with van der Waals surface area (Å²) in [5.74, 6) is 1.06. The number of carbonyl (C=O) groups is 1. The van der Waals surface area contributed by atoms with Crippen LogP contribution in [-0.2, 0) is 9.53 Å². The second-order valence-electron chi connectivity index (χ2n) is 4.61. The molecule has 0 heterocycles. The molecule has 112 valence electrons. The SMILES string of the molecule is COCC(C)CC(=O)Nc1cc(OC)c(OC)cc1N. The van der Waals surface area contributed by atoms with Gasteiger partial charge >= 0.3 is 0 Å². The first-order valence-corrected chi connectivity index (χ1v) is 6.32. The van der Waals surface area contributed by atoms with Gasteiger partial charge in [-0.25, -0.2) is 0 Å². The van der Waals surface area contributed by atoms with Crippen molar-refractivity contribution < 1.29 is 19.0 Å². The first kappa shape index (κ1) is 16.1. The number of hydrogen-bond donors (Lipinski definition) is 2. The lowest BCUT2D eigenvalue weighted by Crippen LogP contribution is -2.18. The fraction of sp³-hybridized carbons (Fsp3) is 0.500. The Hall–Kier alpha value is -1.95. The standard InChI is InChI=1S/C14H22N2O4/c1-9(8-18-2)5-14(17)16-11-7-13(20-4)12(19-3)6-10(11)15/h6-7,9H,5,8,15H2,1-4H3,(H,16,17). The number of anilines is 2. The maximum absolute atomic E-state index is 11.9. The highest BCUT2D eigenvalue weighted by Crippen LogP contribution is 2.34. The smallest absolute Gasteiger partial charge is 0.224 e. The minimum Gasteiger partial charge on any atom is -0.493 e. The van der Waals surface area contributed by atoms with Crippen LogP contribution in [0, 0.1) is 5.92 Å². The number of amides is 1. The lowest BCUT2D eigenvalue weighted by atomic mass is 10.1. The molecule has 1 amide bonds. The average molecular weight is 282 g/mol. The number of nitrogens with one attached hydrogen (secondary N) is 1. The minimum atomic E-state index is -0.117. The molecule has 0 fully saturated rings. The fourth-order valence-corrected chi connectivity index (χ4v) is 1.86. The van der Waals surface area contributed by atoms with E-state index in [0.717, 1.165) is 0 Å². The summed E-state index contributed by atoms with van der Waals surface area (Å²) in [7, 11) is 4.67. The van der Waals surface area contributed by atoms with E-state index in [-0.39, 0.29) is 11.8 Å². The van der Waals surface area contributed by atoms with Crippen LogP contribution in [0.25, 0.3) is 0 Å². The number of methoxy groups -OCH3 is 3. The van der Waals surface area contributed by atoms with Crippen molar-refractivity contribution in [2.24, 2.45) is 5.92 Å². The molecular formula is C14H22N2O4. The Morgan fingerprint density at radius 1 is 1.25 bits per heavy atom. The maximum Gasteiger partial charge on any atom is 0.224 e. The van der Waals surface area contributed by atoms with Crippen molar-refractivity contribution in [1.82, 2.24) is 0 Å². The highest BCUT2D eigenvalue weighted by Gasteiger charge is 2.13. The van der Waals surface area contributed by atoms with E-state index in [4.69, 9.17) is 19.9 Å². The Morgan fingerprint density at radius 3 is 2.40 bits per heavy atom. The molecule has 0 aromatic heterocycles. The van der Waals surface area contributed by atoms with Crippen molar-refractivity contribution in [2.75, 3.05) is 39.0 Å². The molecule has 3 N–H and O–H groups in total. The van der Waals surface area contributed by atoms with Crippen molar-refractivity contribution in [3.8, 4) is 11.5 Å². The molecule has 1 atom stereocenters. The summed E-state index contributed by atoms with van der Waals surface area (Å²) in [5.41, 5.74) is 6.82. The van der Waals surface area contributed by atoms with Gasteiger partial charge in [-0.3, -0.25) is 4.79 Å². The van der Waals surface area contributed by atoms with Gasteiger partial charge in [-0.1, -0.05) is 6.92 Å². The highest BCUT2D eigenvalue weighted by molar-refractivity contribution is 5.94. The normalized spacial score (nSPS) is 11.8. The molecule has 0 saturated heterocycles. The van der Waals surface area contributed by atoms with Crippen LogP contribution in [0.4, 0.5) is 11.4 Å². The summed E-state index contributed by atoms with van der Waals surface area (Å²) in [6, 6.07) is 3.26. The van der Waals surface area contributed by atoms with Crippen LogP contribution in [-0.4, -0.2) is 33.8 Å².